The minimum atomic E-state index is -1.61. The van der Waals surface area contributed by atoms with Crippen molar-refractivity contribution in [1.29, 1.82) is 0 Å². The van der Waals surface area contributed by atoms with Gasteiger partial charge in [-0.05, 0) is 77.8 Å². The Balaban J connectivity index is 1.57. The van der Waals surface area contributed by atoms with Gasteiger partial charge in [-0.25, -0.2) is 4.79 Å². The Morgan fingerprint density at radius 2 is 1.01 bits per heavy atom. The number of carboxylic acids is 2. The van der Waals surface area contributed by atoms with Crippen molar-refractivity contribution in [3.05, 3.63) is 102 Å². The van der Waals surface area contributed by atoms with E-state index in [9.17, 15) is 73.2 Å². The summed E-state index contributed by atoms with van der Waals surface area (Å²) in [5.41, 5.74) is 8.07. The van der Waals surface area contributed by atoms with E-state index in [1.54, 1.807) is 116 Å². The topological polar surface area (TPSA) is 419 Å². The van der Waals surface area contributed by atoms with Crippen LogP contribution >= 0.6 is 0 Å². The van der Waals surface area contributed by atoms with E-state index in [0.29, 0.717) is 34.0 Å². The molecule has 16 N–H and O–H groups in total. The summed E-state index contributed by atoms with van der Waals surface area (Å²) in [6.45, 7) is 12.5. The molecule has 26 nitrogen and oxygen atoms in total. The summed E-state index contributed by atoms with van der Waals surface area (Å²) in [5, 5.41) is 63.1. The summed E-state index contributed by atoms with van der Waals surface area (Å²) in [7, 11) is 0. The number of aliphatic hydroxyl groups is 1. The fourth-order valence-electron chi connectivity index (χ4n) is 9.51. The maximum Gasteiger partial charge on any atom is 0.326 e. The molecule has 26 heteroatoms. The number of benzene rings is 3. The number of aromatic amines is 1. The Morgan fingerprint density at radius 1 is 0.523 bits per heavy atom. The van der Waals surface area contributed by atoms with Crippen molar-refractivity contribution in [3.63, 3.8) is 0 Å². The maximum atomic E-state index is 14.7. The molecule has 0 aliphatic heterocycles. The molecule has 0 unspecified atom stereocenters. The van der Waals surface area contributed by atoms with E-state index in [2.05, 4.69) is 52.8 Å². The van der Waals surface area contributed by atoms with Crippen LogP contribution in [0.4, 0.5) is 0 Å². The van der Waals surface area contributed by atoms with E-state index in [4.69, 9.17) is 5.73 Å². The number of phenolic OH excluding ortho intramolecular Hbond substituents is 1. The van der Waals surface area contributed by atoms with Crippen molar-refractivity contribution in [2.24, 2.45) is 29.4 Å². The number of rotatable bonds is 36. The molecule has 480 valence electrons. The number of aliphatic hydroxyl groups excluding tert-OH is 1. The normalized spacial score (nSPS) is 14.7. The lowest BCUT2D eigenvalue weighted by Gasteiger charge is -2.29. The molecule has 1 heterocycles. The molecule has 0 spiro atoms. The van der Waals surface area contributed by atoms with Gasteiger partial charge in [0.05, 0.1) is 13.2 Å². The van der Waals surface area contributed by atoms with Crippen LogP contribution in [0.5, 0.6) is 5.75 Å². The summed E-state index contributed by atoms with van der Waals surface area (Å²) in [6.07, 6.45) is 0.584. The highest BCUT2D eigenvalue weighted by atomic mass is 16.4. The molecule has 0 bridgehead atoms. The number of aliphatic carboxylic acids is 2. The molecule has 4 rings (SSSR count). The number of hydrogen-bond acceptors (Lipinski definition) is 14. The summed E-state index contributed by atoms with van der Waals surface area (Å²) < 4.78 is 0. The van der Waals surface area contributed by atoms with Crippen LogP contribution in [-0.2, 0) is 72.0 Å². The van der Waals surface area contributed by atoms with E-state index in [1.807, 2.05) is 0 Å². The van der Waals surface area contributed by atoms with Gasteiger partial charge in [-0.2, -0.15) is 0 Å². The highest BCUT2D eigenvalue weighted by Crippen LogP contribution is 2.21. The third-order valence-corrected chi connectivity index (χ3v) is 14.6. The lowest BCUT2D eigenvalue weighted by atomic mass is 9.96. The Hall–Kier alpha value is -8.91. The lowest BCUT2D eigenvalue weighted by Crippen LogP contribution is -2.61. The second-order valence-corrected chi connectivity index (χ2v) is 23.2. The number of fused-ring (bicyclic) bond motifs is 1. The number of phenols is 1. The summed E-state index contributed by atoms with van der Waals surface area (Å²) in [5.74, 6) is -11.9. The predicted molar refractivity (Wildman–Crippen MR) is 325 cm³/mol. The minimum absolute atomic E-state index is 0.0161. The molecule has 0 saturated heterocycles. The molecule has 10 atom stereocenters. The van der Waals surface area contributed by atoms with Gasteiger partial charge in [0.25, 0.3) is 0 Å². The van der Waals surface area contributed by atoms with Gasteiger partial charge < -0.3 is 79.0 Å². The van der Waals surface area contributed by atoms with Crippen molar-refractivity contribution in [2.45, 2.75) is 161 Å². The number of carbonyl (C=O) groups excluding carboxylic acids is 9. The molecule has 3 aromatic carbocycles. The van der Waals surface area contributed by atoms with Gasteiger partial charge in [-0.1, -0.05) is 122 Å². The molecule has 88 heavy (non-hydrogen) atoms. The first-order valence-corrected chi connectivity index (χ1v) is 29.5. The van der Waals surface area contributed by atoms with Gasteiger partial charge in [-0.15, -0.1) is 0 Å². The Morgan fingerprint density at radius 3 is 1.58 bits per heavy atom. The summed E-state index contributed by atoms with van der Waals surface area (Å²) in [6, 6.07) is 9.13. The van der Waals surface area contributed by atoms with Crippen LogP contribution < -0.4 is 53.6 Å². The molecule has 0 fully saturated rings. The highest BCUT2D eigenvalue weighted by molar-refractivity contribution is 5.99. The molecule has 0 aliphatic rings. The number of aromatic hydroxyl groups is 1. The molecular formula is C62H87N11O15. The summed E-state index contributed by atoms with van der Waals surface area (Å²) in [4.78, 5) is 153. The molecule has 9 amide bonds. The van der Waals surface area contributed by atoms with Crippen molar-refractivity contribution < 1.29 is 73.2 Å². The predicted octanol–water partition coefficient (Wildman–Crippen LogP) is 0.959. The second kappa shape index (κ2) is 35.0. The van der Waals surface area contributed by atoms with Gasteiger partial charge in [0.2, 0.25) is 53.2 Å². The zero-order valence-corrected chi connectivity index (χ0v) is 51.0. The number of carbonyl (C=O) groups is 11. The van der Waals surface area contributed by atoms with E-state index < -0.39 is 157 Å². The molecule has 0 saturated carbocycles. The smallest absolute Gasteiger partial charge is 0.326 e. The van der Waals surface area contributed by atoms with E-state index in [-0.39, 0.29) is 49.7 Å². The van der Waals surface area contributed by atoms with Crippen LogP contribution in [0.25, 0.3) is 10.9 Å². The first kappa shape index (κ1) is 71.6. The fraction of sp³-hybridized carbons (Fsp3) is 0.500. The SMILES string of the molecule is CC[C@H](C)[C@H](NC(=O)[C@H](CCC(=O)O)NC(=O)[C@H](Cc1c[nH]c2ccccc12)NC(=O)[C@H](CC(C)C)NC(=O)[C@H](CC(C)C)NC(=O)[C@@H](NC(=O)CNC(=O)[C@H](Cc1ccc(O)cc1)NC(=O)[C@@H](N)CO)C(C)C)C(=O)N[C@@H](Cc1ccccc1)C(=O)O. The quantitative estimate of drug-likeness (QED) is 0.0302. The average Bonchev–Trinajstić information content (AvgIpc) is 2.26. The van der Waals surface area contributed by atoms with Crippen molar-refractivity contribution >= 4 is 76.0 Å². The number of carboxylic acid groups (broad SMARTS) is 2. The number of para-hydroxylation sites is 1. The largest absolute Gasteiger partial charge is 0.508 e. The second-order valence-electron chi connectivity index (χ2n) is 23.2. The molecule has 0 aliphatic carbocycles. The number of aromatic nitrogens is 1. The third-order valence-electron chi connectivity index (χ3n) is 14.6. The van der Waals surface area contributed by atoms with Crippen LogP contribution in [0.1, 0.15) is 104 Å². The Labute approximate surface area is 511 Å². The number of H-pyrrole nitrogens is 1. The van der Waals surface area contributed by atoms with E-state index in [1.165, 1.54) is 24.3 Å². The monoisotopic (exact) mass is 1230 g/mol. The van der Waals surface area contributed by atoms with Crippen LogP contribution in [-0.4, -0.2) is 158 Å². The zero-order chi connectivity index (χ0) is 65.4. The number of nitrogens with one attached hydrogen (secondary N) is 10. The van der Waals surface area contributed by atoms with Crippen molar-refractivity contribution in [1.82, 2.24) is 52.8 Å². The third kappa shape index (κ3) is 23.1. The lowest BCUT2D eigenvalue weighted by molar-refractivity contribution is -0.142. The van der Waals surface area contributed by atoms with E-state index >= 15 is 0 Å². The Bertz CT molecular complexity index is 3030. The number of amides is 9. The highest BCUT2D eigenvalue weighted by Gasteiger charge is 2.37. The van der Waals surface area contributed by atoms with Gasteiger partial charge in [0, 0.05) is 42.8 Å². The zero-order valence-electron chi connectivity index (χ0n) is 51.0. The minimum Gasteiger partial charge on any atom is -0.508 e. The molecular weight excluding hydrogens is 1140 g/mol. The van der Waals surface area contributed by atoms with Gasteiger partial charge in [0.1, 0.15) is 60.1 Å². The van der Waals surface area contributed by atoms with Gasteiger partial charge >= 0.3 is 11.9 Å². The Kier molecular flexibility index (Phi) is 28.5. The van der Waals surface area contributed by atoms with Crippen molar-refractivity contribution in [3.8, 4) is 5.75 Å². The number of nitrogens with two attached hydrogens (primary N) is 1. The first-order valence-electron chi connectivity index (χ1n) is 29.5. The van der Waals surface area contributed by atoms with Crippen molar-refractivity contribution in [2.75, 3.05) is 13.2 Å². The van der Waals surface area contributed by atoms with Crippen LogP contribution in [0.2, 0.25) is 0 Å². The van der Waals surface area contributed by atoms with Crippen LogP contribution in [0, 0.1) is 23.7 Å². The number of hydrogen-bond donors (Lipinski definition) is 15. The molecule has 1 aromatic heterocycles. The fourth-order valence-corrected chi connectivity index (χ4v) is 9.51. The molecule has 4 aromatic rings. The van der Waals surface area contributed by atoms with Gasteiger partial charge in [0.15, 0.2) is 0 Å². The van der Waals surface area contributed by atoms with Gasteiger partial charge in [-0.3, -0.25) is 47.9 Å². The summed E-state index contributed by atoms with van der Waals surface area (Å²) >= 11 is 0. The first-order chi connectivity index (χ1) is 41.6. The average molecular weight is 1230 g/mol. The van der Waals surface area contributed by atoms with E-state index in [0.717, 1.165) is 0 Å². The van der Waals surface area contributed by atoms with Crippen LogP contribution in [0.15, 0.2) is 85.1 Å². The standard InChI is InChI=1S/C62H87N11O15/c1-9-36(8)53(61(86)71-49(62(87)88)28-37-15-11-10-12-16-37)73-56(81)44(23-24-51(77)78)66-59(84)48(29-39-30-64-43-18-14-13-17-41(39)43)69-57(82)45(25-33(2)3)68-58(83)46(26-34(4)5)70-60(85)52(35(6)7)72-50(76)31-65-55(80)47(67-54(79)42(63)32-74)27-38-19-21-40(75)22-20-38/h10-22,30,33-36,42,44-49,52-53,64,74-75H,9,23-29,31-32,63H2,1-8H3,(H,65,80)(H,66,84)(H,67,79)(H,68,83)(H,69,82)(H,70,85)(H,71,86)(H,72,76)(H,73,81)(H,77,78)(H,87,88)/t36-,42-,44-,45-,46-,47-,48-,49-,52-,53-/m0/s1. The van der Waals surface area contributed by atoms with Crippen LogP contribution in [0.3, 0.4) is 0 Å². The molecule has 0 radical (unpaired) electrons. The maximum absolute atomic E-state index is 14.7.